The Bertz CT molecular complexity index is 504. The van der Waals surface area contributed by atoms with E-state index in [1.165, 1.54) is 0 Å². The summed E-state index contributed by atoms with van der Waals surface area (Å²) in [5, 5.41) is 19.5. The van der Waals surface area contributed by atoms with Gasteiger partial charge in [0.25, 0.3) is 0 Å². The molecule has 0 atom stereocenters. The van der Waals surface area contributed by atoms with Crippen LogP contribution < -0.4 is 4.90 Å². The number of carbonyl (C=O) groups is 1. The summed E-state index contributed by atoms with van der Waals surface area (Å²) >= 11 is 0. The van der Waals surface area contributed by atoms with Gasteiger partial charge >= 0.3 is 5.97 Å². The molecule has 1 heterocycles. The minimum atomic E-state index is -0.918. The molecule has 4 nitrogen and oxygen atoms in total. The number of hydrogen-bond donors (Lipinski definition) is 2. The minimum Gasteiger partial charge on any atom is -0.478 e. The van der Waals surface area contributed by atoms with Crippen LogP contribution in [0.25, 0.3) is 0 Å². The first-order chi connectivity index (χ1) is 9.15. The highest BCUT2D eigenvalue weighted by molar-refractivity contribution is 5.94. The number of carboxylic acids is 1. The monoisotopic (exact) mass is 277 g/mol. The number of aliphatic hydroxyl groups excluding tert-OH is 1. The van der Waals surface area contributed by atoms with E-state index in [0.29, 0.717) is 18.4 Å². The number of piperidine rings is 1. The van der Waals surface area contributed by atoms with Gasteiger partial charge in [-0.3, -0.25) is 0 Å². The number of aromatic carboxylic acids is 1. The fourth-order valence-electron chi connectivity index (χ4n) is 3.73. The lowest BCUT2D eigenvalue weighted by molar-refractivity contribution is 0.0639. The molecule has 2 N–H and O–H groups in total. The maximum atomic E-state index is 11.5. The molecule has 0 aromatic heterocycles. The van der Waals surface area contributed by atoms with Gasteiger partial charge in [-0.05, 0) is 52.7 Å². The van der Waals surface area contributed by atoms with Gasteiger partial charge < -0.3 is 15.1 Å². The Morgan fingerprint density at radius 3 is 2.15 bits per heavy atom. The molecule has 0 radical (unpaired) electrons. The third-order valence-corrected chi connectivity index (χ3v) is 4.06. The van der Waals surface area contributed by atoms with E-state index in [9.17, 15) is 15.0 Å². The van der Waals surface area contributed by atoms with Crippen molar-refractivity contribution in [3.8, 4) is 0 Å². The molecule has 2 rings (SSSR count). The maximum Gasteiger partial charge on any atom is 0.337 e. The summed E-state index contributed by atoms with van der Waals surface area (Å²) in [5.41, 5.74) is 0.436. The van der Waals surface area contributed by atoms with Crippen LogP contribution in [0.15, 0.2) is 24.3 Å². The fraction of sp³-hybridized carbons (Fsp3) is 0.562. The summed E-state index contributed by atoms with van der Waals surface area (Å²) < 4.78 is 0. The number of aliphatic hydroxyl groups is 1. The SMILES string of the molecule is CC1(C)CC(O)CC(C)(C)N1c1ccccc1C(=O)O. The lowest BCUT2D eigenvalue weighted by Crippen LogP contribution is -2.62. The van der Waals surface area contributed by atoms with Crippen LogP contribution in [0.1, 0.15) is 50.9 Å². The topological polar surface area (TPSA) is 60.8 Å². The number of nitrogens with zero attached hydrogens (tertiary/aromatic N) is 1. The van der Waals surface area contributed by atoms with Crippen molar-refractivity contribution in [2.45, 2.75) is 57.7 Å². The average molecular weight is 277 g/mol. The molecule has 1 fully saturated rings. The molecule has 0 amide bonds. The van der Waals surface area contributed by atoms with E-state index < -0.39 is 5.97 Å². The van der Waals surface area contributed by atoms with Gasteiger partial charge in [-0.1, -0.05) is 12.1 Å². The van der Waals surface area contributed by atoms with Crippen LogP contribution >= 0.6 is 0 Å². The molecule has 20 heavy (non-hydrogen) atoms. The largest absolute Gasteiger partial charge is 0.478 e. The van der Waals surface area contributed by atoms with Crippen molar-refractivity contribution in [3.05, 3.63) is 29.8 Å². The van der Waals surface area contributed by atoms with Crippen molar-refractivity contribution in [2.75, 3.05) is 4.90 Å². The van der Waals surface area contributed by atoms with Crippen LogP contribution in [-0.4, -0.2) is 33.4 Å². The molecule has 1 aliphatic rings. The molecule has 0 bridgehead atoms. The van der Waals surface area contributed by atoms with E-state index in [2.05, 4.69) is 32.6 Å². The van der Waals surface area contributed by atoms with Gasteiger partial charge in [0.05, 0.1) is 17.4 Å². The summed E-state index contributed by atoms with van der Waals surface area (Å²) in [6.45, 7) is 8.21. The molecule has 110 valence electrons. The van der Waals surface area contributed by atoms with E-state index in [1.54, 1.807) is 12.1 Å². The zero-order chi connectivity index (χ0) is 15.1. The standard InChI is InChI=1S/C16H23NO3/c1-15(2)9-11(18)10-16(3,4)17(15)13-8-6-5-7-12(13)14(19)20/h5-8,11,18H,9-10H2,1-4H3,(H,19,20). The summed E-state index contributed by atoms with van der Waals surface area (Å²) in [6, 6.07) is 7.09. The van der Waals surface area contributed by atoms with E-state index in [-0.39, 0.29) is 17.2 Å². The molecular formula is C16H23NO3. The van der Waals surface area contributed by atoms with Crippen molar-refractivity contribution in [1.82, 2.24) is 0 Å². The summed E-state index contributed by atoms with van der Waals surface area (Å²) in [5.74, 6) is -0.918. The van der Waals surface area contributed by atoms with E-state index in [4.69, 9.17) is 0 Å². The van der Waals surface area contributed by atoms with Crippen molar-refractivity contribution >= 4 is 11.7 Å². The van der Waals surface area contributed by atoms with Crippen LogP contribution in [-0.2, 0) is 0 Å². The average Bonchev–Trinajstić information content (AvgIpc) is 2.25. The number of hydrogen-bond acceptors (Lipinski definition) is 3. The predicted octanol–water partition coefficient (Wildman–Crippen LogP) is 2.90. The Morgan fingerprint density at radius 1 is 1.15 bits per heavy atom. The quantitative estimate of drug-likeness (QED) is 0.872. The maximum absolute atomic E-state index is 11.5. The Labute approximate surface area is 120 Å². The van der Waals surface area contributed by atoms with Crippen LogP contribution in [0.3, 0.4) is 0 Å². The van der Waals surface area contributed by atoms with E-state index in [1.807, 2.05) is 12.1 Å². The van der Waals surface area contributed by atoms with Crippen LogP contribution in [0.5, 0.6) is 0 Å². The molecule has 0 spiro atoms. The molecule has 0 unspecified atom stereocenters. The van der Waals surface area contributed by atoms with Gasteiger partial charge in [0.15, 0.2) is 0 Å². The Balaban J connectivity index is 2.57. The zero-order valence-electron chi connectivity index (χ0n) is 12.6. The molecule has 4 heteroatoms. The molecule has 1 aliphatic heterocycles. The second-order valence-electron chi connectivity index (χ2n) is 6.84. The summed E-state index contributed by atoms with van der Waals surface area (Å²) in [7, 11) is 0. The molecule has 0 aliphatic carbocycles. The number of para-hydroxylation sites is 1. The minimum absolute atomic E-state index is 0.299. The predicted molar refractivity (Wildman–Crippen MR) is 79.3 cm³/mol. The first-order valence-corrected chi connectivity index (χ1v) is 6.96. The van der Waals surface area contributed by atoms with Gasteiger partial charge in [-0.2, -0.15) is 0 Å². The first kappa shape index (κ1) is 14.9. The van der Waals surface area contributed by atoms with Crippen LogP contribution in [0.4, 0.5) is 5.69 Å². The number of benzene rings is 1. The second kappa shape index (κ2) is 4.77. The van der Waals surface area contributed by atoms with Crippen molar-refractivity contribution < 1.29 is 15.0 Å². The van der Waals surface area contributed by atoms with Gasteiger partial charge in [-0.25, -0.2) is 4.79 Å². The second-order valence-corrected chi connectivity index (χ2v) is 6.84. The van der Waals surface area contributed by atoms with Crippen molar-refractivity contribution in [1.29, 1.82) is 0 Å². The molecule has 0 saturated carbocycles. The van der Waals surface area contributed by atoms with E-state index >= 15 is 0 Å². The van der Waals surface area contributed by atoms with E-state index in [0.717, 1.165) is 5.69 Å². The van der Waals surface area contributed by atoms with Crippen molar-refractivity contribution in [3.63, 3.8) is 0 Å². The lowest BCUT2D eigenvalue weighted by Gasteiger charge is -2.56. The normalized spacial score (nSPS) is 21.8. The van der Waals surface area contributed by atoms with Gasteiger partial charge in [0.1, 0.15) is 0 Å². The van der Waals surface area contributed by atoms with Crippen molar-refractivity contribution in [2.24, 2.45) is 0 Å². The Kier molecular flexibility index (Phi) is 3.54. The number of carboxylic acid groups (broad SMARTS) is 1. The Hall–Kier alpha value is -1.55. The third kappa shape index (κ3) is 2.52. The first-order valence-electron chi connectivity index (χ1n) is 6.96. The molecule has 1 saturated heterocycles. The van der Waals surface area contributed by atoms with Crippen LogP contribution in [0.2, 0.25) is 0 Å². The highest BCUT2D eigenvalue weighted by atomic mass is 16.4. The Morgan fingerprint density at radius 2 is 1.65 bits per heavy atom. The number of rotatable bonds is 2. The van der Waals surface area contributed by atoms with Gasteiger partial charge in [0, 0.05) is 11.1 Å². The number of anilines is 1. The summed E-state index contributed by atoms with van der Waals surface area (Å²) in [4.78, 5) is 13.6. The fourth-order valence-corrected chi connectivity index (χ4v) is 3.73. The highest BCUT2D eigenvalue weighted by Crippen LogP contribution is 2.43. The van der Waals surface area contributed by atoms with Crippen LogP contribution in [0, 0.1) is 0 Å². The smallest absolute Gasteiger partial charge is 0.337 e. The zero-order valence-corrected chi connectivity index (χ0v) is 12.6. The molecule has 1 aromatic rings. The van der Waals surface area contributed by atoms with Gasteiger partial charge in [0.2, 0.25) is 0 Å². The molecular weight excluding hydrogens is 254 g/mol. The van der Waals surface area contributed by atoms with Gasteiger partial charge in [-0.15, -0.1) is 0 Å². The molecule has 1 aromatic carbocycles. The third-order valence-electron chi connectivity index (χ3n) is 4.06. The lowest BCUT2D eigenvalue weighted by atomic mass is 9.77. The summed E-state index contributed by atoms with van der Waals surface area (Å²) in [6.07, 6.45) is 0.905. The highest BCUT2D eigenvalue weighted by Gasteiger charge is 2.45.